The third-order valence-electron chi connectivity index (χ3n) is 1.36. The Bertz CT molecular complexity index is 203. The second kappa shape index (κ2) is 9.84. The maximum atomic E-state index is 5.46. The molecule has 0 aromatic heterocycles. The molecule has 0 rings (SSSR count). The van der Waals surface area contributed by atoms with Crippen LogP contribution in [0.5, 0.6) is 0 Å². The lowest BCUT2D eigenvalue weighted by Gasteiger charge is -2.21. The zero-order chi connectivity index (χ0) is 10.8. The number of nitrogens with zero attached hydrogens (tertiary/aromatic N) is 1. The average Bonchev–Trinajstić information content (AvgIpc) is 2.18. The Morgan fingerprint density at radius 2 is 1.79 bits per heavy atom. The first-order chi connectivity index (χ1) is 6.76. The molecule has 0 saturated heterocycles. The Labute approximate surface area is 105 Å². The lowest BCUT2D eigenvalue weighted by atomic mass is 10.5. The summed E-state index contributed by atoms with van der Waals surface area (Å²) in [5, 5.41) is 0. The van der Waals surface area contributed by atoms with Crippen molar-refractivity contribution in [3.05, 3.63) is 23.2 Å². The van der Waals surface area contributed by atoms with E-state index in [1.807, 2.05) is 17.1 Å². The lowest BCUT2D eigenvalue weighted by molar-refractivity contribution is 0.532. The predicted octanol–water partition coefficient (Wildman–Crippen LogP) is 3.83. The summed E-state index contributed by atoms with van der Waals surface area (Å²) >= 11 is 17.8. The van der Waals surface area contributed by atoms with Gasteiger partial charge < -0.3 is 4.90 Å². The van der Waals surface area contributed by atoms with Gasteiger partial charge in [-0.15, -0.1) is 0 Å². The summed E-state index contributed by atoms with van der Waals surface area (Å²) in [4.78, 5) is 2.03. The monoisotopic (exact) mass is 269 g/mol. The fourth-order valence-corrected chi connectivity index (χ4v) is 2.01. The molecule has 0 atom stereocenters. The van der Waals surface area contributed by atoms with Crippen LogP contribution in [0.2, 0.25) is 0 Å². The van der Waals surface area contributed by atoms with E-state index in [2.05, 4.69) is 6.92 Å². The Kier molecular flexibility index (Phi) is 10.1. The Balaban J connectivity index is 4.14. The third-order valence-corrected chi connectivity index (χ3v) is 3.12. The minimum atomic E-state index is 0.719. The van der Waals surface area contributed by atoms with Crippen LogP contribution in [-0.2, 0) is 0 Å². The van der Waals surface area contributed by atoms with Gasteiger partial charge in [0, 0.05) is 24.2 Å². The van der Waals surface area contributed by atoms with Crippen molar-refractivity contribution in [1.82, 2.24) is 4.90 Å². The molecule has 0 N–H and O–H groups in total. The van der Waals surface area contributed by atoms with Crippen molar-refractivity contribution < 1.29 is 0 Å². The largest absolute Gasteiger partial charge is 0.350 e. The van der Waals surface area contributed by atoms with E-state index in [1.54, 1.807) is 11.8 Å². The third kappa shape index (κ3) is 6.71. The van der Waals surface area contributed by atoms with Gasteiger partial charge in [-0.05, 0) is 5.75 Å². The first-order valence-corrected chi connectivity index (χ1v) is 6.45. The highest BCUT2D eigenvalue weighted by atomic mass is 35.5. The van der Waals surface area contributed by atoms with Gasteiger partial charge in [0.15, 0.2) is 0 Å². The molecule has 0 aromatic carbocycles. The number of thioether (sulfide) groups is 1. The quantitative estimate of drug-likeness (QED) is 0.699. The Morgan fingerprint density at radius 3 is 2.14 bits per heavy atom. The number of halogens is 2. The molecule has 0 unspecified atom stereocenters. The molecule has 0 aliphatic heterocycles. The van der Waals surface area contributed by atoms with E-state index in [1.165, 1.54) is 11.1 Å². The molecule has 0 heterocycles. The normalized spacial score (nSPS) is 11.4. The predicted molar refractivity (Wildman–Crippen MR) is 72.3 cm³/mol. The van der Waals surface area contributed by atoms with Crippen molar-refractivity contribution in [1.29, 1.82) is 0 Å². The smallest absolute Gasteiger partial charge is 0.136 e. The molecule has 0 bridgehead atoms. The molecule has 1 nitrogen and oxygen atoms in total. The van der Waals surface area contributed by atoms with Gasteiger partial charge in [-0.25, -0.2) is 0 Å². The zero-order valence-electron chi connectivity index (χ0n) is 7.95. The molecule has 0 aliphatic carbocycles. The molecule has 0 aliphatic rings. The van der Waals surface area contributed by atoms with Gasteiger partial charge >= 0.3 is 0 Å². The fourth-order valence-electron chi connectivity index (χ4n) is 0.773. The average molecular weight is 270 g/mol. The van der Waals surface area contributed by atoms with Crippen LogP contribution in [0, 0.1) is 0 Å². The van der Waals surface area contributed by atoms with Crippen LogP contribution >= 0.6 is 47.2 Å². The molecule has 0 radical (unpaired) electrons. The lowest BCUT2D eigenvalue weighted by Crippen LogP contribution is -2.27. The van der Waals surface area contributed by atoms with Crippen LogP contribution < -0.4 is 0 Å². The first kappa shape index (κ1) is 14.3. The number of hydrogen-bond donors (Lipinski definition) is 0. The van der Waals surface area contributed by atoms with Gasteiger partial charge in [0.1, 0.15) is 4.32 Å². The molecule has 14 heavy (non-hydrogen) atoms. The highest BCUT2D eigenvalue weighted by Gasteiger charge is 2.05. The summed E-state index contributed by atoms with van der Waals surface area (Å²) in [6.45, 7) is 3.51. The molecule has 0 amide bonds. The molecule has 0 fully saturated rings. The molecule has 0 saturated carbocycles. The van der Waals surface area contributed by atoms with Crippen molar-refractivity contribution in [3.8, 4) is 0 Å². The molecule has 0 spiro atoms. The van der Waals surface area contributed by atoms with Crippen molar-refractivity contribution in [2.75, 3.05) is 18.8 Å². The number of thiocarbonyl (C=S) groups is 1. The van der Waals surface area contributed by atoms with E-state index in [4.69, 9.17) is 35.4 Å². The minimum absolute atomic E-state index is 0.719. The second-order valence-electron chi connectivity index (χ2n) is 2.33. The van der Waals surface area contributed by atoms with Crippen LogP contribution in [-0.4, -0.2) is 28.1 Å². The summed E-state index contributed by atoms with van der Waals surface area (Å²) in [6, 6.07) is 0. The summed E-state index contributed by atoms with van der Waals surface area (Å²) < 4.78 is 0.872. The van der Waals surface area contributed by atoms with E-state index in [0.717, 1.165) is 23.2 Å². The topological polar surface area (TPSA) is 3.24 Å². The second-order valence-corrected chi connectivity index (χ2v) is 4.73. The fraction of sp³-hybridized carbons (Fsp3) is 0.444. The van der Waals surface area contributed by atoms with Crippen molar-refractivity contribution in [2.45, 2.75) is 6.92 Å². The summed E-state index contributed by atoms with van der Waals surface area (Å²) in [6.07, 6.45) is 3.71. The summed E-state index contributed by atoms with van der Waals surface area (Å²) in [5.41, 5.74) is 2.99. The highest BCUT2D eigenvalue weighted by molar-refractivity contribution is 8.22. The van der Waals surface area contributed by atoms with Crippen LogP contribution in [0.25, 0.3) is 0 Å². The molecule has 0 aromatic rings. The molecular weight excluding hydrogens is 257 g/mol. The number of rotatable bonds is 5. The molecule has 80 valence electrons. The Hall–Kier alpha value is 0.300. The summed E-state index contributed by atoms with van der Waals surface area (Å²) in [7, 11) is 0. The van der Waals surface area contributed by atoms with Crippen LogP contribution in [0.1, 0.15) is 6.92 Å². The van der Waals surface area contributed by atoms with E-state index < -0.39 is 0 Å². The van der Waals surface area contributed by atoms with Gasteiger partial charge in [0.2, 0.25) is 0 Å². The van der Waals surface area contributed by atoms with Gasteiger partial charge in [-0.2, -0.15) is 0 Å². The van der Waals surface area contributed by atoms with Crippen LogP contribution in [0.3, 0.4) is 0 Å². The van der Waals surface area contributed by atoms with Gasteiger partial charge in [-0.3, -0.25) is 0 Å². The van der Waals surface area contributed by atoms with Crippen molar-refractivity contribution in [2.24, 2.45) is 0 Å². The molecule has 5 heteroatoms. The SMILES string of the molecule is CCSC(=S)N(CC=CCl)CC=CCl. The molecular formula is C9H13Cl2NS2. The zero-order valence-corrected chi connectivity index (χ0v) is 11.1. The van der Waals surface area contributed by atoms with Gasteiger partial charge in [0.05, 0.1) is 0 Å². The van der Waals surface area contributed by atoms with E-state index in [0.29, 0.717) is 0 Å². The maximum absolute atomic E-state index is 5.46. The van der Waals surface area contributed by atoms with Crippen molar-refractivity contribution in [3.63, 3.8) is 0 Å². The maximum Gasteiger partial charge on any atom is 0.136 e. The number of hydrogen-bond acceptors (Lipinski definition) is 2. The van der Waals surface area contributed by atoms with Crippen LogP contribution in [0.15, 0.2) is 23.2 Å². The van der Waals surface area contributed by atoms with Gasteiger partial charge in [-0.1, -0.05) is 66.3 Å². The highest BCUT2D eigenvalue weighted by Crippen LogP contribution is 2.09. The first-order valence-electron chi connectivity index (χ1n) is 4.18. The Morgan fingerprint density at radius 1 is 1.29 bits per heavy atom. The minimum Gasteiger partial charge on any atom is -0.350 e. The van der Waals surface area contributed by atoms with E-state index in [-0.39, 0.29) is 0 Å². The van der Waals surface area contributed by atoms with E-state index >= 15 is 0 Å². The van der Waals surface area contributed by atoms with Crippen molar-refractivity contribution >= 4 is 51.5 Å². The van der Waals surface area contributed by atoms with Gasteiger partial charge in [0.25, 0.3) is 0 Å². The standard InChI is InChI=1S/C9H13Cl2NS2/c1-2-14-9(13)12(7-3-5-10)8-4-6-11/h3-6H,2,7-8H2,1H3. The van der Waals surface area contributed by atoms with E-state index in [9.17, 15) is 0 Å². The van der Waals surface area contributed by atoms with Crippen LogP contribution in [0.4, 0.5) is 0 Å². The summed E-state index contributed by atoms with van der Waals surface area (Å²) in [5.74, 6) is 0.977.